The van der Waals surface area contributed by atoms with Gasteiger partial charge in [0, 0.05) is 13.2 Å². The van der Waals surface area contributed by atoms with Gasteiger partial charge in [0.15, 0.2) is 0 Å². The van der Waals surface area contributed by atoms with E-state index in [1.165, 1.54) is 0 Å². The molecule has 0 spiro atoms. The first-order chi connectivity index (χ1) is 8.60. The van der Waals surface area contributed by atoms with Crippen molar-refractivity contribution in [2.24, 2.45) is 17.8 Å². The zero-order valence-electron chi connectivity index (χ0n) is 10.9. The third-order valence-corrected chi connectivity index (χ3v) is 3.85. The zero-order valence-corrected chi connectivity index (χ0v) is 10.9. The lowest BCUT2D eigenvalue weighted by atomic mass is 9.95. The molecule has 0 aromatic rings. The second-order valence-electron chi connectivity index (χ2n) is 5.01. The summed E-state index contributed by atoms with van der Waals surface area (Å²) in [5.74, 6) is -1.65. The molecular weight excluding hydrogens is 234 g/mol. The number of carbonyl (C=O) groups is 2. The molecule has 0 saturated heterocycles. The van der Waals surface area contributed by atoms with Gasteiger partial charge in [-0.05, 0) is 25.2 Å². The average Bonchev–Trinajstić information content (AvgIpc) is 2.83. The molecule has 1 fully saturated rings. The third kappa shape index (κ3) is 3.98. The number of amides is 1. The summed E-state index contributed by atoms with van der Waals surface area (Å²) in [6.07, 6.45) is 3.64. The van der Waals surface area contributed by atoms with Crippen LogP contribution in [0.15, 0.2) is 0 Å². The number of carbonyl (C=O) groups excluding carboxylic acids is 1. The quantitative estimate of drug-likeness (QED) is 0.635. The molecule has 1 rings (SSSR count). The van der Waals surface area contributed by atoms with E-state index >= 15 is 0 Å². The molecule has 0 radical (unpaired) electrons. The van der Waals surface area contributed by atoms with Gasteiger partial charge in [-0.1, -0.05) is 19.8 Å². The standard InChI is InChI=1S/C13H23NO4/c1-2-9(6-7-15)8-14-12(16)10-4-3-5-11(10)13(17)18/h9-11,15H,2-8H2,1H3,(H,14,16)(H,17,18). The molecular formula is C13H23NO4. The largest absolute Gasteiger partial charge is 0.481 e. The maximum Gasteiger partial charge on any atom is 0.307 e. The SMILES string of the molecule is CCC(CCO)CNC(=O)C1CCCC1C(=O)O. The van der Waals surface area contributed by atoms with Crippen molar-refractivity contribution in [3.8, 4) is 0 Å². The fraction of sp³-hybridized carbons (Fsp3) is 0.846. The lowest BCUT2D eigenvalue weighted by Crippen LogP contribution is -2.37. The normalized spacial score (nSPS) is 24.8. The Labute approximate surface area is 108 Å². The van der Waals surface area contributed by atoms with Crippen LogP contribution in [-0.2, 0) is 9.59 Å². The van der Waals surface area contributed by atoms with E-state index in [0.717, 1.165) is 12.8 Å². The minimum absolute atomic E-state index is 0.121. The molecule has 0 aromatic heterocycles. The van der Waals surface area contributed by atoms with Gasteiger partial charge in [0.1, 0.15) is 0 Å². The Balaban J connectivity index is 2.42. The second-order valence-corrected chi connectivity index (χ2v) is 5.01. The molecule has 3 N–H and O–H groups in total. The van der Waals surface area contributed by atoms with Crippen LogP contribution in [0, 0.1) is 17.8 Å². The second kappa shape index (κ2) is 7.36. The topological polar surface area (TPSA) is 86.6 Å². The maximum absolute atomic E-state index is 11.9. The predicted octanol–water partition coefficient (Wildman–Crippen LogP) is 1.01. The highest BCUT2D eigenvalue weighted by Crippen LogP contribution is 2.32. The fourth-order valence-electron chi connectivity index (χ4n) is 2.58. The van der Waals surface area contributed by atoms with Gasteiger partial charge in [0.2, 0.25) is 5.91 Å². The van der Waals surface area contributed by atoms with E-state index in [0.29, 0.717) is 25.8 Å². The lowest BCUT2D eigenvalue weighted by molar-refractivity contribution is -0.146. The number of hydrogen-bond donors (Lipinski definition) is 3. The van der Waals surface area contributed by atoms with E-state index in [-0.39, 0.29) is 24.3 Å². The van der Waals surface area contributed by atoms with E-state index in [1.54, 1.807) is 0 Å². The molecule has 5 nitrogen and oxygen atoms in total. The number of aliphatic hydroxyl groups excluding tert-OH is 1. The van der Waals surface area contributed by atoms with Crippen molar-refractivity contribution in [1.82, 2.24) is 5.32 Å². The molecule has 1 aliphatic rings. The van der Waals surface area contributed by atoms with Gasteiger partial charge in [-0.3, -0.25) is 9.59 Å². The van der Waals surface area contributed by atoms with Gasteiger partial charge in [0.25, 0.3) is 0 Å². The van der Waals surface area contributed by atoms with Crippen molar-refractivity contribution >= 4 is 11.9 Å². The Morgan fingerprint density at radius 1 is 1.33 bits per heavy atom. The van der Waals surface area contributed by atoms with Gasteiger partial charge >= 0.3 is 5.97 Å². The summed E-state index contributed by atoms with van der Waals surface area (Å²) >= 11 is 0. The Bertz CT molecular complexity index is 293. The van der Waals surface area contributed by atoms with Crippen LogP contribution in [-0.4, -0.2) is 35.2 Å². The molecule has 3 atom stereocenters. The van der Waals surface area contributed by atoms with Crippen LogP contribution in [0.1, 0.15) is 39.0 Å². The van der Waals surface area contributed by atoms with Crippen LogP contribution >= 0.6 is 0 Å². The Morgan fingerprint density at radius 3 is 2.56 bits per heavy atom. The number of rotatable bonds is 7. The molecule has 1 aliphatic carbocycles. The first-order valence-electron chi connectivity index (χ1n) is 6.71. The van der Waals surface area contributed by atoms with Gasteiger partial charge in [-0.25, -0.2) is 0 Å². The van der Waals surface area contributed by atoms with Crippen molar-refractivity contribution in [2.45, 2.75) is 39.0 Å². The number of aliphatic hydroxyl groups is 1. The van der Waals surface area contributed by atoms with Gasteiger partial charge in [-0.2, -0.15) is 0 Å². The van der Waals surface area contributed by atoms with E-state index in [2.05, 4.69) is 5.32 Å². The highest BCUT2D eigenvalue weighted by molar-refractivity contribution is 5.85. The minimum Gasteiger partial charge on any atom is -0.481 e. The first-order valence-corrected chi connectivity index (χ1v) is 6.71. The average molecular weight is 257 g/mol. The smallest absolute Gasteiger partial charge is 0.307 e. The summed E-state index contributed by atoms with van der Waals surface area (Å²) in [5.41, 5.74) is 0. The molecule has 1 amide bonds. The summed E-state index contributed by atoms with van der Waals surface area (Å²) in [5, 5.41) is 20.7. The summed E-state index contributed by atoms with van der Waals surface area (Å²) in [6, 6.07) is 0. The summed E-state index contributed by atoms with van der Waals surface area (Å²) < 4.78 is 0. The van der Waals surface area contributed by atoms with E-state index in [9.17, 15) is 9.59 Å². The van der Waals surface area contributed by atoms with Crippen LogP contribution < -0.4 is 5.32 Å². The summed E-state index contributed by atoms with van der Waals surface area (Å²) in [4.78, 5) is 22.9. The van der Waals surface area contributed by atoms with Crippen LogP contribution in [0.3, 0.4) is 0 Å². The number of aliphatic carboxylic acids is 1. The van der Waals surface area contributed by atoms with Crippen LogP contribution in [0.5, 0.6) is 0 Å². The van der Waals surface area contributed by atoms with E-state index < -0.39 is 11.9 Å². The van der Waals surface area contributed by atoms with Crippen molar-refractivity contribution in [3.05, 3.63) is 0 Å². The highest BCUT2D eigenvalue weighted by Gasteiger charge is 2.37. The molecule has 104 valence electrons. The third-order valence-electron chi connectivity index (χ3n) is 3.85. The van der Waals surface area contributed by atoms with Crippen LogP contribution in [0.2, 0.25) is 0 Å². The monoisotopic (exact) mass is 257 g/mol. The number of carboxylic acids is 1. The summed E-state index contributed by atoms with van der Waals surface area (Å²) in [6.45, 7) is 2.66. The van der Waals surface area contributed by atoms with Crippen LogP contribution in [0.4, 0.5) is 0 Å². The van der Waals surface area contributed by atoms with Crippen molar-refractivity contribution in [2.75, 3.05) is 13.2 Å². The molecule has 0 bridgehead atoms. The molecule has 18 heavy (non-hydrogen) atoms. The molecule has 0 heterocycles. The van der Waals surface area contributed by atoms with Crippen LogP contribution in [0.25, 0.3) is 0 Å². The van der Waals surface area contributed by atoms with Gasteiger partial charge < -0.3 is 15.5 Å². The number of hydrogen-bond acceptors (Lipinski definition) is 3. The zero-order chi connectivity index (χ0) is 13.5. The number of carboxylic acid groups (broad SMARTS) is 1. The Kier molecular flexibility index (Phi) is 6.12. The first kappa shape index (κ1) is 15.0. The number of nitrogens with one attached hydrogen (secondary N) is 1. The fourth-order valence-corrected chi connectivity index (χ4v) is 2.58. The van der Waals surface area contributed by atoms with Crippen molar-refractivity contribution in [3.63, 3.8) is 0 Å². The lowest BCUT2D eigenvalue weighted by Gasteiger charge is -2.19. The molecule has 0 aliphatic heterocycles. The minimum atomic E-state index is -0.866. The van der Waals surface area contributed by atoms with Crippen molar-refractivity contribution in [1.29, 1.82) is 0 Å². The molecule has 0 aromatic carbocycles. The highest BCUT2D eigenvalue weighted by atomic mass is 16.4. The predicted molar refractivity (Wildman–Crippen MR) is 67.0 cm³/mol. The molecule has 5 heteroatoms. The Morgan fingerprint density at radius 2 is 2.00 bits per heavy atom. The van der Waals surface area contributed by atoms with Gasteiger partial charge in [-0.15, -0.1) is 0 Å². The molecule has 3 unspecified atom stereocenters. The maximum atomic E-state index is 11.9. The summed E-state index contributed by atoms with van der Waals surface area (Å²) in [7, 11) is 0. The van der Waals surface area contributed by atoms with E-state index in [4.69, 9.17) is 10.2 Å². The van der Waals surface area contributed by atoms with Gasteiger partial charge in [0.05, 0.1) is 11.8 Å². The van der Waals surface area contributed by atoms with E-state index in [1.807, 2.05) is 6.92 Å². The van der Waals surface area contributed by atoms with Crippen molar-refractivity contribution < 1.29 is 19.8 Å². The molecule has 1 saturated carbocycles. The Hall–Kier alpha value is -1.10.